The summed E-state index contributed by atoms with van der Waals surface area (Å²) >= 11 is 1.83. The molecule has 1 N–H and O–H groups in total. The molecule has 1 aliphatic rings. The van der Waals surface area contributed by atoms with Crippen LogP contribution >= 0.6 is 11.8 Å². The molecule has 1 aromatic heterocycles. The Bertz CT molecular complexity index is 616. The van der Waals surface area contributed by atoms with Crippen LogP contribution in [-0.4, -0.2) is 22.6 Å². The maximum atomic E-state index is 4.80. The van der Waals surface area contributed by atoms with Crippen molar-refractivity contribution in [3.8, 4) is 5.69 Å². The van der Waals surface area contributed by atoms with Gasteiger partial charge in [-0.15, -0.1) is 0 Å². The third-order valence-corrected chi connectivity index (χ3v) is 4.31. The van der Waals surface area contributed by atoms with Crippen LogP contribution in [0.3, 0.4) is 0 Å². The molecule has 0 spiro atoms. The maximum Gasteiger partial charge on any atom is 0.133 e. The zero-order valence-electron chi connectivity index (χ0n) is 11.7. The van der Waals surface area contributed by atoms with E-state index in [-0.39, 0.29) is 0 Å². The van der Waals surface area contributed by atoms with Gasteiger partial charge in [0.1, 0.15) is 5.82 Å². The number of aromatic nitrogens is 2. The number of nitrogens with one attached hydrogen (secondary N) is 1. The molecule has 1 aromatic carbocycles. The van der Waals surface area contributed by atoms with Crippen LogP contribution in [0.5, 0.6) is 0 Å². The minimum Gasteiger partial charge on any atom is -0.369 e. The lowest BCUT2D eigenvalue weighted by Gasteiger charge is -2.08. The van der Waals surface area contributed by atoms with Gasteiger partial charge in [-0.25, -0.2) is 4.68 Å². The molecule has 0 unspecified atom stereocenters. The van der Waals surface area contributed by atoms with Gasteiger partial charge >= 0.3 is 0 Å². The molecule has 2 heterocycles. The summed E-state index contributed by atoms with van der Waals surface area (Å²) in [5.41, 5.74) is 6.41. The van der Waals surface area contributed by atoms with Gasteiger partial charge in [-0.05, 0) is 49.8 Å². The van der Waals surface area contributed by atoms with Crippen molar-refractivity contribution < 1.29 is 0 Å². The van der Waals surface area contributed by atoms with E-state index in [0.717, 1.165) is 24.4 Å². The Morgan fingerprint density at radius 1 is 1.32 bits per heavy atom. The molecule has 0 fully saturated rings. The zero-order valence-corrected chi connectivity index (χ0v) is 12.5. The highest BCUT2D eigenvalue weighted by Crippen LogP contribution is 2.30. The number of thioether (sulfide) groups is 1. The van der Waals surface area contributed by atoms with Crippen LogP contribution in [0, 0.1) is 13.8 Å². The second-order valence-electron chi connectivity index (χ2n) is 5.06. The number of benzene rings is 1. The first-order valence-corrected chi connectivity index (χ1v) is 8.01. The normalized spacial score (nSPS) is 13.4. The van der Waals surface area contributed by atoms with E-state index in [9.17, 15) is 0 Å². The average Bonchev–Trinajstić information content (AvgIpc) is 2.97. The predicted octanol–water partition coefficient (Wildman–Crippen LogP) is 3.32. The molecule has 4 heteroatoms. The summed E-state index contributed by atoms with van der Waals surface area (Å²) < 4.78 is 2.07. The number of anilines is 1. The van der Waals surface area contributed by atoms with Crippen molar-refractivity contribution >= 4 is 17.6 Å². The molecule has 3 rings (SSSR count). The van der Waals surface area contributed by atoms with Gasteiger partial charge < -0.3 is 5.32 Å². The Balaban J connectivity index is 2.09. The number of nitrogens with zero attached hydrogens (tertiary/aromatic N) is 2. The minimum atomic E-state index is 0.988. The highest BCUT2D eigenvalue weighted by molar-refractivity contribution is 7.97. The van der Waals surface area contributed by atoms with E-state index in [1.165, 1.54) is 28.2 Å². The molecule has 0 aliphatic carbocycles. The Labute approximate surface area is 118 Å². The van der Waals surface area contributed by atoms with Crippen molar-refractivity contribution in [2.24, 2.45) is 0 Å². The van der Waals surface area contributed by atoms with Crippen LogP contribution in [0.25, 0.3) is 5.69 Å². The fraction of sp³-hybridized carbons (Fsp3) is 0.400. The van der Waals surface area contributed by atoms with E-state index in [2.05, 4.69) is 48.3 Å². The van der Waals surface area contributed by atoms with Gasteiger partial charge in [0.2, 0.25) is 0 Å². The van der Waals surface area contributed by atoms with Crippen molar-refractivity contribution in [2.75, 3.05) is 18.1 Å². The Morgan fingerprint density at radius 3 is 2.89 bits per heavy atom. The van der Waals surface area contributed by atoms with E-state index in [1.54, 1.807) is 0 Å². The first-order chi connectivity index (χ1) is 9.20. The summed E-state index contributed by atoms with van der Waals surface area (Å²) in [6.45, 7) is 5.32. The lowest BCUT2D eigenvalue weighted by Crippen LogP contribution is -2.05. The molecule has 19 heavy (non-hydrogen) atoms. The summed E-state index contributed by atoms with van der Waals surface area (Å²) in [6.07, 6.45) is 3.22. The fourth-order valence-corrected chi connectivity index (χ4v) is 3.05. The lowest BCUT2D eigenvalue weighted by molar-refractivity contribution is 0.851. The number of hydrogen-bond acceptors (Lipinski definition) is 3. The Hall–Kier alpha value is -1.42. The molecule has 100 valence electrons. The van der Waals surface area contributed by atoms with E-state index in [4.69, 9.17) is 5.10 Å². The molecular formula is C15H19N3S. The van der Waals surface area contributed by atoms with Crippen molar-refractivity contribution in [3.05, 3.63) is 40.6 Å². The van der Waals surface area contributed by atoms with E-state index >= 15 is 0 Å². The van der Waals surface area contributed by atoms with Crippen molar-refractivity contribution in [3.63, 3.8) is 0 Å². The second-order valence-corrected chi connectivity index (χ2v) is 5.93. The van der Waals surface area contributed by atoms with Crippen molar-refractivity contribution in [2.45, 2.75) is 26.0 Å². The van der Waals surface area contributed by atoms with E-state index < -0.39 is 0 Å². The molecule has 2 aromatic rings. The highest BCUT2D eigenvalue weighted by atomic mass is 32.2. The first-order valence-electron chi connectivity index (χ1n) is 6.62. The molecule has 0 atom stereocenters. The average molecular weight is 273 g/mol. The SMILES string of the molecule is CSCc1nn(-c2ccc(C)c(C)c2)c2c1CCN2. The van der Waals surface area contributed by atoms with Gasteiger partial charge in [0.15, 0.2) is 0 Å². The first kappa shape index (κ1) is 12.6. The van der Waals surface area contributed by atoms with Gasteiger partial charge in [-0.1, -0.05) is 6.07 Å². The molecule has 0 radical (unpaired) electrons. The Kier molecular flexibility index (Phi) is 3.27. The molecule has 0 bridgehead atoms. The van der Waals surface area contributed by atoms with Crippen LogP contribution in [0.4, 0.5) is 5.82 Å². The van der Waals surface area contributed by atoms with Gasteiger partial charge in [0.05, 0.1) is 11.4 Å². The Morgan fingerprint density at radius 2 is 2.16 bits per heavy atom. The molecule has 0 amide bonds. The molecule has 3 nitrogen and oxygen atoms in total. The number of rotatable bonds is 3. The number of fused-ring (bicyclic) bond motifs is 1. The van der Waals surface area contributed by atoms with Gasteiger partial charge in [0.25, 0.3) is 0 Å². The summed E-state index contributed by atoms with van der Waals surface area (Å²) in [4.78, 5) is 0. The summed E-state index contributed by atoms with van der Waals surface area (Å²) in [7, 11) is 0. The van der Waals surface area contributed by atoms with Gasteiger partial charge in [0, 0.05) is 17.9 Å². The van der Waals surface area contributed by atoms with Crippen molar-refractivity contribution in [1.82, 2.24) is 9.78 Å². The van der Waals surface area contributed by atoms with Crippen molar-refractivity contribution in [1.29, 1.82) is 0 Å². The van der Waals surface area contributed by atoms with Gasteiger partial charge in [-0.3, -0.25) is 0 Å². The smallest absolute Gasteiger partial charge is 0.133 e. The topological polar surface area (TPSA) is 29.9 Å². The quantitative estimate of drug-likeness (QED) is 0.930. The molecule has 0 saturated carbocycles. The summed E-state index contributed by atoms with van der Waals surface area (Å²) in [6, 6.07) is 6.53. The molecule has 1 aliphatic heterocycles. The maximum absolute atomic E-state index is 4.80. The summed E-state index contributed by atoms with van der Waals surface area (Å²) in [5.74, 6) is 2.18. The van der Waals surface area contributed by atoms with E-state index in [1.807, 2.05) is 11.8 Å². The zero-order chi connectivity index (χ0) is 13.4. The predicted molar refractivity (Wildman–Crippen MR) is 82.5 cm³/mol. The number of hydrogen-bond donors (Lipinski definition) is 1. The standard InChI is InChI=1S/C15H19N3S/c1-10-4-5-12(8-11(10)2)18-15-13(6-7-16-15)14(17-18)9-19-3/h4-5,8,16H,6-7,9H2,1-3H3. The van der Waals surface area contributed by atoms with Crippen LogP contribution in [-0.2, 0) is 12.2 Å². The van der Waals surface area contributed by atoms with Crippen LogP contribution in [0.1, 0.15) is 22.4 Å². The molecular weight excluding hydrogens is 254 g/mol. The second kappa shape index (κ2) is 4.93. The monoisotopic (exact) mass is 273 g/mol. The van der Waals surface area contributed by atoms with Crippen LogP contribution in [0.2, 0.25) is 0 Å². The largest absolute Gasteiger partial charge is 0.369 e. The third-order valence-electron chi connectivity index (χ3n) is 3.75. The fourth-order valence-electron chi connectivity index (χ4n) is 2.54. The van der Waals surface area contributed by atoms with Crippen LogP contribution in [0.15, 0.2) is 18.2 Å². The lowest BCUT2D eigenvalue weighted by atomic mass is 10.1. The number of aryl methyl sites for hydroxylation is 2. The van der Waals surface area contributed by atoms with Crippen LogP contribution < -0.4 is 5.32 Å². The third kappa shape index (κ3) is 2.14. The summed E-state index contributed by atoms with van der Waals surface area (Å²) in [5, 5.41) is 8.27. The van der Waals surface area contributed by atoms with E-state index in [0.29, 0.717) is 0 Å². The highest BCUT2D eigenvalue weighted by Gasteiger charge is 2.22. The van der Waals surface area contributed by atoms with Gasteiger partial charge in [-0.2, -0.15) is 16.9 Å². The minimum absolute atomic E-state index is 0.988. The molecule has 0 saturated heterocycles.